The van der Waals surface area contributed by atoms with Crippen LogP contribution in [-0.4, -0.2) is 33.2 Å². The number of H-pyrrole nitrogens is 1. The van der Waals surface area contributed by atoms with Gasteiger partial charge in [-0.15, -0.1) is 0 Å². The molecule has 34 heavy (non-hydrogen) atoms. The number of ketones is 1. The van der Waals surface area contributed by atoms with Crippen molar-refractivity contribution in [3.8, 4) is 11.5 Å². The molecule has 10 nitrogen and oxygen atoms in total. The number of nitro groups is 1. The molecule has 0 radical (unpaired) electrons. The van der Waals surface area contributed by atoms with Crippen molar-refractivity contribution in [1.82, 2.24) is 9.97 Å². The molecule has 1 unspecified atom stereocenters. The van der Waals surface area contributed by atoms with Crippen LogP contribution in [0.2, 0.25) is 0 Å². The molecule has 0 amide bonds. The van der Waals surface area contributed by atoms with Crippen molar-refractivity contribution in [3.63, 3.8) is 0 Å². The van der Waals surface area contributed by atoms with Crippen LogP contribution in [0.15, 0.2) is 33.4 Å². The molecular weight excluding hydrogens is 460 g/mol. The van der Waals surface area contributed by atoms with Crippen LogP contribution in [0.5, 0.6) is 11.5 Å². The van der Waals surface area contributed by atoms with Gasteiger partial charge in [0.05, 0.1) is 22.5 Å². The molecular formula is C23H24N4O6S. The zero-order chi connectivity index (χ0) is 24.2. The van der Waals surface area contributed by atoms with Crippen LogP contribution in [0, 0.1) is 15.5 Å². The van der Waals surface area contributed by atoms with Crippen molar-refractivity contribution >= 4 is 29.1 Å². The van der Waals surface area contributed by atoms with Gasteiger partial charge in [0, 0.05) is 29.0 Å². The smallest absolute Gasteiger partial charge is 0.277 e. The fraction of sp³-hybridized carbons (Fsp3) is 0.435. The first-order chi connectivity index (χ1) is 16.2. The van der Waals surface area contributed by atoms with E-state index < -0.39 is 16.4 Å². The lowest BCUT2D eigenvalue weighted by Gasteiger charge is -2.38. The molecule has 3 aliphatic rings. The number of rotatable bonds is 5. The topological polar surface area (TPSA) is 136 Å². The number of hydrogen-bond donors (Lipinski definition) is 2. The maximum Gasteiger partial charge on any atom is 0.277 e. The first kappa shape index (κ1) is 22.5. The van der Waals surface area contributed by atoms with E-state index in [0.29, 0.717) is 34.4 Å². The Hall–Kier alpha value is -3.34. The molecule has 3 heterocycles. The quantitative estimate of drug-likeness (QED) is 0.278. The summed E-state index contributed by atoms with van der Waals surface area (Å²) in [6, 6.07) is 2.81. The highest BCUT2D eigenvalue weighted by Gasteiger charge is 2.45. The summed E-state index contributed by atoms with van der Waals surface area (Å²) in [5, 5.41) is 15.8. The molecule has 1 aromatic heterocycles. The van der Waals surface area contributed by atoms with E-state index in [2.05, 4.69) is 15.3 Å². The van der Waals surface area contributed by atoms with Crippen molar-refractivity contribution in [2.45, 2.75) is 51.1 Å². The summed E-state index contributed by atoms with van der Waals surface area (Å²) in [5.41, 5.74) is 0.443. The van der Waals surface area contributed by atoms with Gasteiger partial charge < -0.3 is 19.8 Å². The molecule has 5 rings (SSSR count). The number of allylic oxidation sites excluding steroid dienone is 2. The van der Waals surface area contributed by atoms with Gasteiger partial charge in [0.1, 0.15) is 5.82 Å². The van der Waals surface area contributed by atoms with E-state index >= 15 is 0 Å². The first-order valence-electron chi connectivity index (χ1n) is 11.1. The summed E-state index contributed by atoms with van der Waals surface area (Å²) in [6.45, 7) is 5.97. The molecule has 2 aromatic rings. The summed E-state index contributed by atoms with van der Waals surface area (Å²) in [4.78, 5) is 45.7. The maximum atomic E-state index is 13.4. The third-order valence-electron chi connectivity index (χ3n) is 6.17. The molecule has 0 saturated heterocycles. The van der Waals surface area contributed by atoms with Crippen molar-refractivity contribution < 1.29 is 19.2 Å². The second-order valence-electron chi connectivity index (χ2n) is 9.39. The molecule has 1 atom stereocenters. The SMILES string of the molecule is CCCSc1nc2c(c(=O)[nH]1)C(c1cc3c(cc1[N+](=O)[O-])OCO3)C1=C(CC(C)(C)CC1=O)N2. The number of nitrogens with zero attached hydrogens (tertiary/aromatic N) is 2. The maximum absolute atomic E-state index is 13.4. The van der Waals surface area contributed by atoms with E-state index in [4.69, 9.17) is 9.47 Å². The van der Waals surface area contributed by atoms with E-state index in [1.807, 2.05) is 20.8 Å². The zero-order valence-corrected chi connectivity index (χ0v) is 19.8. The van der Waals surface area contributed by atoms with Gasteiger partial charge in [-0.05, 0) is 24.3 Å². The second-order valence-corrected chi connectivity index (χ2v) is 10.5. The van der Waals surface area contributed by atoms with Crippen molar-refractivity contribution in [1.29, 1.82) is 0 Å². The van der Waals surface area contributed by atoms with Gasteiger partial charge >= 0.3 is 0 Å². The van der Waals surface area contributed by atoms with Gasteiger partial charge in [-0.3, -0.25) is 19.7 Å². The number of fused-ring (bicyclic) bond motifs is 2. The molecule has 2 aliphatic heterocycles. The summed E-state index contributed by atoms with van der Waals surface area (Å²) in [6.07, 6.45) is 1.73. The van der Waals surface area contributed by atoms with Gasteiger partial charge in [-0.25, -0.2) is 4.98 Å². The number of nitrogens with one attached hydrogen (secondary N) is 2. The predicted molar refractivity (Wildman–Crippen MR) is 126 cm³/mol. The highest BCUT2D eigenvalue weighted by molar-refractivity contribution is 7.99. The first-order valence-corrected chi connectivity index (χ1v) is 12.1. The Balaban J connectivity index is 1.77. The number of nitro benzene ring substituents is 1. The van der Waals surface area contributed by atoms with Crippen LogP contribution in [0.4, 0.5) is 11.5 Å². The van der Waals surface area contributed by atoms with Crippen LogP contribution in [0.3, 0.4) is 0 Å². The Labute approximate surface area is 199 Å². The van der Waals surface area contributed by atoms with Crippen LogP contribution in [-0.2, 0) is 4.79 Å². The summed E-state index contributed by atoms with van der Waals surface area (Å²) >= 11 is 1.42. The van der Waals surface area contributed by atoms with Crippen molar-refractivity contribution in [2.24, 2.45) is 5.41 Å². The Bertz CT molecular complexity index is 1320. The van der Waals surface area contributed by atoms with Crippen molar-refractivity contribution in [3.05, 3.63) is 55.0 Å². The molecule has 0 spiro atoms. The zero-order valence-electron chi connectivity index (χ0n) is 19.0. The third kappa shape index (κ3) is 3.73. The number of ether oxygens (including phenoxy) is 2. The number of carbonyl (C=O) groups is 1. The Morgan fingerprint density at radius 3 is 2.68 bits per heavy atom. The van der Waals surface area contributed by atoms with E-state index in [-0.39, 0.29) is 47.0 Å². The molecule has 0 fully saturated rings. The fourth-order valence-corrected chi connectivity index (χ4v) is 5.53. The third-order valence-corrected chi connectivity index (χ3v) is 7.25. The number of benzene rings is 1. The highest BCUT2D eigenvalue weighted by Crippen LogP contribution is 2.51. The molecule has 0 saturated carbocycles. The Kier molecular flexibility index (Phi) is 5.38. The van der Waals surface area contributed by atoms with Gasteiger partial charge in [0.2, 0.25) is 6.79 Å². The van der Waals surface area contributed by atoms with Crippen LogP contribution in [0.1, 0.15) is 57.1 Å². The number of anilines is 1. The summed E-state index contributed by atoms with van der Waals surface area (Å²) in [7, 11) is 0. The summed E-state index contributed by atoms with van der Waals surface area (Å²) in [5.74, 6) is 0.595. The lowest BCUT2D eigenvalue weighted by Crippen LogP contribution is -2.37. The number of carbonyl (C=O) groups excluding carboxylic acids is 1. The fourth-order valence-electron chi connectivity index (χ4n) is 4.81. The van der Waals surface area contributed by atoms with Gasteiger partial charge in [-0.1, -0.05) is 32.5 Å². The minimum atomic E-state index is -0.953. The number of thioether (sulfide) groups is 1. The summed E-state index contributed by atoms with van der Waals surface area (Å²) < 4.78 is 10.8. The number of hydrogen-bond acceptors (Lipinski definition) is 9. The average Bonchev–Trinajstić information content (AvgIpc) is 3.22. The normalized spacial score (nSPS) is 20.0. The lowest BCUT2D eigenvalue weighted by atomic mass is 9.69. The van der Waals surface area contributed by atoms with Crippen LogP contribution in [0.25, 0.3) is 0 Å². The largest absolute Gasteiger partial charge is 0.454 e. The minimum absolute atomic E-state index is 0.0556. The van der Waals surface area contributed by atoms with E-state index in [9.17, 15) is 19.7 Å². The molecule has 1 aromatic carbocycles. The molecule has 0 bridgehead atoms. The standard InChI is InChI=1S/C23H24N4O6S/c1-4-5-34-22-25-20-19(21(29)26-22)17(18-12(24-20)8-23(2,3)9-14(18)28)11-6-15-16(33-10-32-15)7-13(11)27(30)31/h6-7,17H,4-5,8-10H2,1-3H3,(H2,24,25,26,29). The van der Waals surface area contributed by atoms with Gasteiger partial charge in [0.15, 0.2) is 22.4 Å². The van der Waals surface area contributed by atoms with E-state index in [1.165, 1.54) is 23.9 Å². The average molecular weight is 485 g/mol. The Morgan fingerprint density at radius 2 is 1.97 bits per heavy atom. The van der Waals surface area contributed by atoms with Crippen molar-refractivity contribution in [2.75, 3.05) is 17.9 Å². The number of Topliss-reactive ketones (excluding diaryl/α,β-unsaturated/α-hetero) is 1. The van der Waals surface area contributed by atoms with Gasteiger partial charge in [0.25, 0.3) is 11.2 Å². The number of aromatic amines is 1. The molecule has 1 aliphatic carbocycles. The van der Waals surface area contributed by atoms with Crippen LogP contribution >= 0.6 is 11.8 Å². The lowest BCUT2D eigenvalue weighted by molar-refractivity contribution is -0.385. The highest BCUT2D eigenvalue weighted by atomic mass is 32.2. The molecule has 178 valence electrons. The minimum Gasteiger partial charge on any atom is -0.454 e. The number of aromatic nitrogens is 2. The van der Waals surface area contributed by atoms with Crippen LogP contribution < -0.4 is 20.3 Å². The van der Waals surface area contributed by atoms with Gasteiger partial charge in [-0.2, -0.15) is 0 Å². The monoisotopic (exact) mass is 484 g/mol. The van der Waals surface area contributed by atoms with E-state index in [1.54, 1.807) is 0 Å². The Morgan fingerprint density at radius 1 is 1.24 bits per heavy atom. The molecule has 11 heteroatoms. The molecule has 2 N–H and O–H groups in total. The predicted octanol–water partition coefficient (Wildman–Crippen LogP) is 4.11. The van der Waals surface area contributed by atoms with E-state index in [0.717, 1.165) is 12.2 Å². The second kappa shape index (κ2) is 8.15.